The summed E-state index contributed by atoms with van der Waals surface area (Å²) in [5.74, 6) is -0.0927. The van der Waals surface area contributed by atoms with E-state index in [0.29, 0.717) is 39.0 Å². The van der Waals surface area contributed by atoms with E-state index in [1.54, 1.807) is 6.92 Å². The summed E-state index contributed by atoms with van der Waals surface area (Å²) < 4.78 is 23.8. The van der Waals surface area contributed by atoms with Gasteiger partial charge in [0.15, 0.2) is 0 Å². The molecule has 0 heterocycles. The van der Waals surface area contributed by atoms with Crippen LogP contribution in [0.1, 0.15) is 19.8 Å². The van der Waals surface area contributed by atoms with Crippen molar-refractivity contribution in [3.05, 3.63) is 0 Å². The predicted octanol–water partition coefficient (Wildman–Crippen LogP) is -0.455. The molecule has 0 aliphatic heterocycles. The second kappa shape index (κ2) is 9.64. The zero-order valence-corrected chi connectivity index (χ0v) is 11.9. The molecule has 8 heteroatoms. The van der Waals surface area contributed by atoms with Crippen LogP contribution in [-0.4, -0.2) is 51.1 Å². The average Bonchev–Trinajstić information content (AvgIpc) is 2.16. The molecule has 0 radical (unpaired) electrons. The molecule has 0 spiro atoms. The van der Waals surface area contributed by atoms with Crippen molar-refractivity contribution < 1.29 is 13.2 Å². The van der Waals surface area contributed by atoms with Gasteiger partial charge in [-0.25, -0.2) is 12.7 Å². The van der Waals surface area contributed by atoms with Crippen molar-refractivity contribution in [3.63, 3.8) is 0 Å². The number of rotatable bonds is 8. The van der Waals surface area contributed by atoms with E-state index in [1.165, 1.54) is 10.6 Å². The van der Waals surface area contributed by atoms with Gasteiger partial charge in [0, 0.05) is 32.6 Å². The predicted molar refractivity (Wildman–Crippen MR) is 70.6 cm³/mol. The smallest absolute Gasteiger partial charge is 0.221 e. The molecular weight excluding hydrogens is 266 g/mol. The fraction of sp³-hybridized carbons (Fsp3) is 0.889. The Morgan fingerprint density at radius 1 is 1.41 bits per heavy atom. The quantitative estimate of drug-likeness (QED) is 0.591. The minimum atomic E-state index is -3.13. The van der Waals surface area contributed by atoms with Crippen molar-refractivity contribution in [1.29, 1.82) is 0 Å². The van der Waals surface area contributed by atoms with Crippen molar-refractivity contribution in [2.75, 3.05) is 32.4 Å². The molecule has 0 unspecified atom stereocenters. The van der Waals surface area contributed by atoms with Crippen LogP contribution in [0.4, 0.5) is 0 Å². The number of nitrogens with two attached hydrogens (primary N) is 1. The highest BCUT2D eigenvalue weighted by atomic mass is 35.5. The number of amides is 1. The molecule has 0 fully saturated rings. The molecule has 0 rings (SSSR count). The number of sulfonamides is 1. The third kappa shape index (κ3) is 9.34. The molecule has 0 aliphatic rings. The first-order chi connectivity index (χ1) is 7.41. The molecule has 17 heavy (non-hydrogen) atoms. The molecule has 0 bridgehead atoms. The lowest BCUT2D eigenvalue weighted by Gasteiger charge is -2.17. The molecular formula is C9H22ClN3O3S. The second-order valence-corrected chi connectivity index (χ2v) is 5.48. The summed E-state index contributed by atoms with van der Waals surface area (Å²) in [6.45, 7) is 3.48. The Morgan fingerprint density at radius 2 is 2.00 bits per heavy atom. The van der Waals surface area contributed by atoms with Gasteiger partial charge < -0.3 is 11.1 Å². The summed E-state index contributed by atoms with van der Waals surface area (Å²) in [6.07, 6.45) is 2.10. The largest absolute Gasteiger partial charge is 0.356 e. The summed E-state index contributed by atoms with van der Waals surface area (Å²) >= 11 is 0. The highest BCUT2D eigenvalue weighted by Gasteiger charge is 2.13. The van der Waals surface area contributed by atoms with Crippen LogP contribution < -0.4 is 11.1 Å². The van der Waals surface area contributed by atoms with Crippen molar-refractivity contribution in [2.45, 2.75) is 19.8 Å². The van der Waals surface area contributed by atoms with Gasteiger partial charge in [0.25, 0.3) is 0 Å². The summed E-state index contributed by atoms with van der Waals surface area (Å²) in [5, 5.41) is 2.67. The van der Waals surface area contributed by atoms with Crippen LogP contribution in [0.3, 0.4) is 0 Å². The minimum absolute atomic E-state index is 0. The maximum atomic E-state index is 11.2. The normalized spacial score (nSPS) is 11.1. The van der Waals surface area contributed by atoms with Gasteiger partial charge in [-0.15, -0.1) is 12.4 Å². The van der Waals surface area contributed by atoms with Crippen LogP contribution in [0.25, 0.3) is 0 Å². The van der Waals surface area contributed by atoms with E-state index in [-0.39, 0.29) is 18.3 Å². The third-order valence-electron chi connectivity index (χ3n) is 2.10. The van der Waals surface area contributed by atoms with Gasteiger partial charge in [0.2, 0.25) is 15.9 Å². The number of hydrogen-bond donors (Lipinski definition) is 2. The van der Waals surface area contributed by atoms with E-state index in [2.05, 4.69) is 5.32 Å². The number of halogens is 1. The number of carbonyl (C=O) groups excluding carboxylic acids is 1. The number of hydrogen-bond acceptors (Lipinski definition) is 4. The Labute approximate surface area is 109 Å². The zero-order chi connectivity index (χ0) is 12.6. The van der Waals surface area contributed by atoms with Crippen LogP contribution in [-0.2, 0) is 14.8 Å². The molecule has 0 aliphatic carbocycles. The van der Waals surface area contributed by atoms with Crippen LogP contribution in [0.2, 0.25) is 0 Å². The fourth-order valence-electron chi connectivity index (χ4n) is 1.26. The highest BCUT2D eigenvalue weighted by molar-refractivity contribution is 7.88. The molecule has 0 saturated carbocycles. The molecule has 104 valence electrons. The van der Waals surface area contributed by atoms with Gasteiger partial charge in [-0.3, -0.25) is 4.79 Å². The molecule has 6 nitrogen and oxygen atoms in total. The Balaban J connectivity index is 0. The van der Waals surface area contributed by atoms with Crippen molar-refractivity contribution in [2.24, 2.45) is 5.73 Å². The Morgan fingerprint density at radius 3 is 2.41 bits per heavy atom. The zero-order valence-electron chi connectivity index (χ0n) is 10.3. The van der Waals surface area contributed by atoms with Crippen molar-refractivity contribution >= 4 is 28.3 Å². The van der Waals surface area contributed by atoms with E-state index < -0.39 is 10.0 Å². The van der Waals surface area contributed by atoms with E-state index in [0.717, 1.165) is 0 Å². The lowest BCUT2D eigenvalue weighted by atomic mass is 10.3. The summed E-state index contributed by atoms with van der Waals surface area (Å²) in [6, 6.07) is 0. The first-order valence-corrected chi connectivity index (χ1v) is 7.18. The standard InChI is InChI=1S/C9H21N3O3S.ClH/c1-3-12(16(2,14)15)8-4-7-11-9(13)5-6-10;/h3-8,10H2,1-2H3,(H,11,13);1H. The van der Waals surface area contributed by atoms with Crippen LogP contribution in [0.5, 0.6) is 0 Å². The Hall–Kier alpha value is -0.370. The molecule has 1 amide bonds. The molecule has 0 saturated heterocycles. The molecule has 0 atom stereocenters. The maximum Gasteiger partial charge on any atom is 0.221 e. The number of nitrogens with zero attached hydrogens (tertiary/aromatic N) is 1. The topological polar surface area (TPSA) is 92.5 Å². The van der Waals surface area contributed by atoms with Gasteiger partial charge in [0.1, 0.15) is 0 Å². The molecule has 0 aromatic heterocycles. The first kappa shape index (κ1) is 19.0. The van der Waals surface area contributed by atoms with Gasteiger partial charge in [-0.2, -0.15) is 0 Å². The Bertz CT molecular complexity index is 309. The van der Waals surface area contributed by atoms with E-state index in [1.807, 2.05) is 0 Å². The fourth-order valence-corrected chi connectivity index (χ4v) is 2.19. The van der Waals surface area contributed by atoms with E-state index >= 15 is 0 Å². The summed E-state index contributed by atoms with van der Waals surface area (Å²) in [4.78, 5) is 11.0. The summed E-state index contributed by atoms with van der Waals surface area (Å²) in [7, 11) is -3.13. The Kier molecular flexibility index (Phi) is 10.8. The SMILES string of the molecule is CCN(CCCNC(=O)CCN)S(C)(=O)=O.Cl. The molecule has 3 N–H and O–H groups in total. The molecule has 0 aromatic rings. The van der Waals surface area contributed by atoms with E-state index in [9.17, 15) is 13.2 Å². The van der Waals surface area contributed by atoms with Crippen molar-refractivity contribution in [1.82, 2.24) is 9.62 Å². The van der Waals surface area contributed by atoms with Crippen LogP contribution in [0, 0.1) is 0 Å². The van der Waals surface area contributed by atoms with Crippen LogP contribution in [0.15, 0.2) is 0 Å². The third-order valence-corrected chi connectivity index (χ3v) is 3.48. The number of nitrogens with one attached hydrogen (secondary N) is 1. The van der Waals surface area contributed by atoms with Crippen molar-refractivity contribution in [3.8, 4) is 0 Å². The first-order valence-electron chi connectivity index (χ1n) is 5.33. The van der Waals surface area contributed by atoms with Gasteiger partial charge in [0.05, 0.1) is 6.26 Å². The molecule has 0 aromatic carbocycles. The lowest BCUT2D eigenvalue weighted by molar-refractivity contribution is -0.120. The minimum Gasteiger partial charge on any atom is -0.356 e. The van der Waals surface area contributed by atoms with E-state index in [4.69, 9.17) is 5.73 Å². The maximum absolute atomic E-state index is 11.2. The van der Waals surface area contributed by atoms with Gasteiger partial charge in [-0.1, -0.05) is 6.92 Å². The average molecular weight is 288 g/mol. The monoisotopic (exact) mass is 287 g/mol. The summed E-state index contributed by atoms with van der Waals surface area (Å²) in [5.41, 5.74) is 5.21. The lowest BCUT2D eigenvalue weighted by Crippen LogP contribution is -2.33. The second-order valence-electron chi connectivity index (χ2n) is 3.50. The highest BCUT2D eigenvalue weighted by Crippen LogP contribution is 1.98. The number of carbonyl (C=O) groups is 1. The van der Waals surface area contributed by atoms with Crippen LogP contribution >= 0.6 is 12.4 Å². The van der Waals surface area contributed by atoms with Gasteiger partial charge in [-0.05, 0) is 6.42 Å². The van der Waals surface area contributed by atoms with Gasteiger partial charge >= 0.3 is 0 Å².